The number of nitrogens with zero attached hydrogens (tertiary/aromatic N) is 3. The summed E-state index contributed by atoms with van der Waals surface area (Å²) in [6.07, 6.45) is 1.62. The average Bonchev–Trinajstić information content (AvgIpc) is 3.07. The van der Waals surface area contributed by atoms with Crippen LogP contribution in [0.15, 0.2) is 35.0 Å². The highest BCUT2D eigenvalue weighted by molar-refractivity contribution is 6.16. The van der Waals surface area contributed by atoms with Crippen molar-refractivity contribution in [1.29, 1.82) is 0 Å². The lowest BCUT2D eigenvalue weighted by molar-refractivity contribution is 0.376. The van der Waals surface area contributed by atoms with Crippen molar-refractivity contribution in [2.75, 3.05) is 7.11 Å². The van der Waals surface area contributed by atoms with Crippen molar-refractivity contribution >= 4 is 22.6 Å². The Morgan fingerprint density at radius 3 is 2.95 bits per heavy atom. The summed E-state index contributed by atoms with van der Waals surface area (Å²) in [7, 11) is 1.63. The molecule has 0 unspecified atom stereocenters. The van der Waals surface area contributed by atoms with Crippen molar-refractivity contribution in [2.24, 2.45) is 0 Å². The molecule has 0 aliphatic carbocycles. The third kappa shape index (κ3) is 2.06. The van der Waals surface area contributed by atoms with Crippen LogP contribution in [-0.4, -0.2) is 21.8 Å². The van der Waals surface area contributed by atoms with Crippen LogP contribution >= 0.6 is 11.6 Å². The highest BCUT2D eigenvalue weighted by Crippen LogP contribution is 2.27. The number of para-hydroxylation sites is 1. The van der Waals surface area contributed by atoms with Crippen molar-refractivity contribution in [2.45, 2.75) is 12.4 Å². The zero-order valence-corrected chi connectivity index (χ0v) is 11.1. The van der Waals surface area contributed by atoms with Crippen LogP contribution in [0.5, 0.6) is 5.75 Å². The topological polar surface area (TPSA) is 53.1 Å². The minimum absolute atomic E-state index is 0.325. The van der Waals surface area contributed by atoms with Crippen LogP contribution in [0.2, 0.25) is 0 Å². The molecule has 6 heteroatoms. The number of benzene rings is 1. The molecule has 3 rings (SSSR count). The Bertz CT molecular complexity index is 691. The fourth-order valence-corrected chi connectivity index (χ4v) is 2.30. The maximum absolute atomic E-state index is 5.97. The first kappa shape index (κ1) is 12.0. The molecular formula is C13H12ClN3O2. The Morgan fingerprint density at radius 2 is 2.26 bits per heavy atom. The Kier molecular flexibility index (Phi) is 3.13. The average molecular weight is 278 g/mol. The van der Waals surface area contributed by atoms with Crippen molar-refractivity contribution in [3.8, 4) is 5.75 Å². The van der Waals surface area contributed by atoms with Gasteiger partial charge in [-0.15, -0.1) is 11.6 Å². The molecule has 0 saturated heterocycles. The van der Waals surface area contributed by atoms with E-state index >= 15 is 0 Å². The van der Waals surface area contributed by atoms with Gasteiger partial charge in [0.2, 0.25) is 0 Å². The van der Waals surface area contributed by atoms with Gasteiger partial charge in [-0.2, -0.15) is 0 Å². The molecule has 0 aliphatic heterocycles. The predicted molar refractivity (Wildman–Crippen MR) is 71.4 cm³/mol. The van der Waals surface area contributed by atoms with Gasteiger partial charge in [0.25, 0.3) is 0 Å². The van der Waals surface area contributed by atoms with E-state index in [1.807, 2.05) is 28.8 Å². The number of hydrogen-bond donors (Lipinski definition) is 0. The van der Waals surface area contributed by atoms with Crippen LogP contribution in [0.1, 0.15) is 11.6 Å². The van der Waals surface area contributed by atoms with E-state index in [1.165, 1.54) is 0 Å². The van der Waals surface area contributed by atoms with Gasteiger partial charge in [0.15, 0.2) is 5.76 Å². The zero-order valence-electron chi connectivity index (χ0n) is 10.3. The molecule has 0 bridgehead atoms. The van der Waals surface area contributed by atoms with Gasteiger partial charge in [-0.3, -0.25) is 0 Å². The summed E-state index contributed by atoms with van der Waals surface area (Å²) in [5.41, 5.74) is 1.77. The maximum Gasteiger partial charge on any atom is 0.156 e. The zero-order chi connectivity index (χ0) is 13.2. The molecule has 2 heterocycles. The molecule has 0 fully saturated rings. The summed E-state index contributed by atoms with van der Waals surface area (Å²) in [5, 5.41) is 3.71. The van der Waals surface area contributed by atoms with E-state index in [-0.39, 0.29) is 0 Å². The molecule has 0 amide bonds. The molecule has 0 N–H and O–H groups in total. The second-order valence-corrected chi connectivity index (χ2v) is 4.32. The Labute approximate surface area is 114 Å². The first-order chi connectivity index (χ1) is 9.33. The van der Waals surface area contributed by atoms with Crippen LogP contribution in [0, 0.1) is 0 Å². The quantitative estimate of drug-likeness (QED) is 0.688. The third-order valence-corrected chi connectivity index (χ3v) is 3.20. The summed E-state index contributed by atoms with van der Waals surface area (Å²) in [6.45, 7) is 0.547. The van der Waals surface area contributed by atoms with Gasteiger partial charge in [0, 0.05) is 6.07 Å². The van der Waals surface area contributed by atoms with Crippen molar-refractivity contribution < 1.29 is 9.26 Å². The summed E-state index contributed by atoms with van der Waals surface area (Å²) >= 11 is 5.97. The van der Waals surface area contributed by atoms with Crippen LogP contribution in [0.4, 0.5) is 0 Å². The largest absolute Gasteiger partial charge is 0.494 e. The molecule has 5 nitrogen and oxygen atoms in total. The number of alkyl halides is 1. The molecular weight excluding hydrogens is 266 g/mol. The number of fused-ring (bicyclic) bond motifs is 1. The van der Waals surface area contributed by atoms with Gasteiger partial charge >= 0.3 is 0 Å². The number of halogens is 1. The monoisotopic (exact) mass is 277 g/mol. The number of hydrogen-bond acceptors (Lipinski definition) is 4. The third-order valence-electron chi connectivity index (χ3n) is 2.97. The van der Waals surface area contributed by atoms with Crippen molar-refractivity contribution in [3.63, 3.8) is 0 Å². The van der Waals surface area contributed by atoms with Gasteiger partial charge in [-0.05, 0) is 12.1 Å². The highest BCUT2D eigenvalue weighted by atomic mass is 35.5. The minimum Gasteiger partial charge on any atom is -0.494 e. The Hall–Kier alpha value is -2.01. The normalized spacial score (nSPS) is 11.1. The lowest BCUT2D eigenvalue weighted by Gasteiger charge is -2.05. The van der Waals surface area contributed by atoms with Crippen LogP contribution in [-0.2, 0) is 12.4 Å². The Balaban J connectivity index is 2.16. The van der Waals surface area contributed by atoms with E-state index in [4.69, 9.17) is 20.9 Å². The lowest BCUT2D eigenvalue weighted by Crippen LogP contribution is -2.02. The summed E-state index contributed by atoms with van der Waals surface area (Å²) in [6, 6.07) is 7.62. The highest BCUT2D eigenvalue weighted by Gasteiger charge is 2.14. The second kappa shape index (κ2) is 4.93. The molecule has 0 aliphatic rings. The SMILES string of the molecule is COc1cccc2c1nc(CCl)n2Cc1ccno1. The molecule has 98 valence electrons. The fraction of sp³-hybridized carbons (Fsp3) is 0.231. The van der Waals surface area contributed by atoms with Gasteiger partial charge in [0.05, 0.1) is 31.2 Å². The fourth-order valence-electron chi connectivity index (χ4n) is 2.09. The summed E-state index contributed by atoms with van der Waals surface area (Å²) in [5.74, 6) is 2.60. The lowest BCUT2D eigenvalue weighted by atomic mass is 10.3. The predicted octanol–water partition coefficient (Wildman–Crippen LogP) is 2.82. The van der Waals surface area contributed by atoms with Gasteiger partial charge in [-0.1, -0.05) is 11.2 Å². The summed E-state index contributed by atoms with van der Waals surface area (Å²) < 4.78 is 12.5. The second-order valence-electron chi connectivity index (χ2n) is 4.05. The number of methoxy groups -OCH3 is 1. The van der Waals surface area contributed by atoms with E-state index in [0.717, 1.165) is 28.4 Å². The smallest absolute Gasteiger partial charge is 0.156 e. The molecule has 19 heavy (non-hydrogen) atoms. The molecule has 0 spiro atoms. The van der Waals surface area contributed by atoms with E-state index < -0.39 is 0 Å². The molecule has 0 saturated carbocycles. The van der Waals surface area contributed by atoms with Gasteiger partial charge in [-0.25, -0.2) is 4.98 Å². The van der Waals surface area contributed by atoms with Crippen LogP contribution in [0.25, 0.3) is 11.0 Å². The van der Waals surface area contributed by atoms with E-state index in [2.05, 4.69) is 10.1 Å². The van der Waals surface area contributed by atoms with Crippen LogP contribution < -0.4 is 4.74 Å². The number of rotatable bonds is 4. The van der Waals surface area contributed by atoms with E-state index in [0.29, 0.717) is 12.4 Å². The first-order valence-corrected chi connectivity index (χ1v) is 6.34. The Morgan fingerprint density at radius 1 is 1.37 bits per heavy atom. The number of ether oxygens (including phenoxy) is 1. The van der Waals surface area contributed by atoms with Crippen molar-refractivity contribution in [3.05, 3.63) is 42.0 Å². The molecule has 2 aromatic heterocycles. The standard InChI is InChI=1S/C13H12ClN3O2/c1-18-11-4-2-3-10-13(11)16-12(7-14)17(10)8-9-5-6-15-19-9/h2-6H,7-8H2,1H3. The number of aromatic nitrogens is 3. The van der Waals surface area contributed by atoms with E-state index in [1.54, 1.807) is 13.3 Å². The number of imidazole rings is 1. The molecule has 0 radical (unpaired) electrons. The van der Waals surface area contributed by atoms with Crippen LogP contribution in [0.3, 0.4) is 0 Å². The molecule has 0 atom stereocenters. The van der Waals surface area contributed by atoms with Gasteiger partial charge in [0.1, 0.15) is 17.1 Å². The summed E-state index contributed by atoms with van der Waals surface area (Å²) in [4.78, 5) is 4.53. The van der Waals surface area contributed by atoms with Gasteiger partial charge < -0.3 is 13.8 Å². The first-order valence-electron chi connectivity index (χ1n) is 5.81. The van der Waals surface area contributed by atoms with Crippen molar-refractivity contribution in [1.82, 2.24) is 14.7 Å². The molecule has 3 aromatic rings. The maximum atomic E-state index is 5.97. The minimum atomic E-state index is 0.325. The van der Waals surface area contributed by atoms with E-state index in [9.17, 15) is 0 Å². The molecule has 1 aromatic carbocycles.